The molecular formula is C22H24N6O3. The van der Waals surface area contributed by atoms with Gasteiger partial charge in [0.05, 0.1) is 29.2 Å². The van der Waals surface area contributed by atoms with E-state index in [2.05, 4.69) is 20.9 Å². The van der Waals surface area contributed by atoms with Crippen LogP contribution < -0.4 is 4.90 Å². The number of carbonyl (C=O) groups is 2. The van der Waals surface area contributed by atoms with E-state index in [-0.39, 0.29) is 23.3 Å². The van der Waals surface area contributed by atoms with E-state index in [4.69, 9.17) is 9.68 Å². The summed E-state index contributed by atoms with van der Waals surface area (Å²) >= 11 is 0. The van der Waals surface area contributed by atoms with Crippen molar-refractivity contribution in [2.75, 3.05) is 37.6 Å². The first-order valence-electron chi connectivity index (χ1n) is 11.0. The number of anilines is 1. The van der Waals surface area contributed by atoms with Crippen LogP contribution >= 0.6 is 0 Å². The number of fused-ring (bicyclic) bond motifs is 1. The summed E-state index contributed by atoms with van der Waals surface area (Å²) in [5, 5.41) is 10.0. The predicted octanol–water partition coefficient (Wildman–Crippen LogP) is 1.56. The Morgan fingerprint density at radius 1 is 1.13 bits per heavy atom. The van der Waals surface area contributed by atoms with Gasteiger partial charge in [-0.25, -0.2) is 9.97 Å². The molecular weight excluding hydrogens is 396 g/mol. The van der Waals surface area contributed by atoms with Gasteiger partial charge < -0.3 is 19.1 Å². The van der Waals surface area contributed by atoms with Crippen molar-refractivity contribution >= 4 is 28.7 Å². The maximum Gasteiger partial charge on any atom is 0.238 e. The molecule has 0 radical (unpaired) electrons. The van der Waals surface area contributed by atoms with Gasteiger partial charge in [-0.1, -0.05) is 0 Å². The van der Waals surface area contributed by atoms with Gasteiger partial charge in [-0.3, -0.25) is 9.59 Å². The number of aromatic nitrogens is 2. The van der Waals surface area contributed by atoms with Gasteiger partial charge in [0.25, 0.3) is 0 Å². The maximum atomic E-state index is 13.7. The highest BCUT2D eigenvalue weighted by Crippen LogP contribution is 2.54. The molecule has 2 saturated carbocycles. The highest BCUT2D eigenvalue weighted by atomic mass is 16.3. The minimum atomic E-state index is -0.894. The standard InChI is InChI=1S/C22H24N6O3/c23-11-15-1-7-26(12-15)19(29)22(5-6-22)20(30)28-9-8-27(13-21(28)3-4-21)17-16-2-10-31-18(16)25-14-24-17/h2,10,14-15H,1,3-9,12-13H2. The highest BCUT2D eigenvalue weighted by Gasteiger charge is 2.64. The fourth-order valence-corrected chi connectivity index (χ4v) is 5.33. The van der Waals surface area contributed by atoms with Crippen LogP contribution in [0.25, 0.3) is 11.1 Å². The van der Waals surface area contributed by atoms with Gasteiger partial charge in [-0.2, -0.15) is 5.26 Å². The second-order valence-corrected chi connectivity index (χ2v) is 9.39. The van der Waals surface area contributed by atoms with Crippen LogP contribution in [0.5, 0.6) is 0 Å². The number of rotatable bonds is 3. The fraction of sp³-hybridized carbons (Fsp3) is 0.591. The monoisotopic (exact) mass is 420 g/mol. The second-order valence-electron chi connectivity index (χ2n) is 9.39. The van der Waals surface area contributed by atoms with Crippen molar-refractivity contribution in [1.29, 1.82) is 5.26 Å². The van der Waals surface area contributed by atoms with Crippen molar-refractivity contribution in [3.8, 4) is 6.07 Å². The Bertz CT molecular complexity index is 1110. The molecule has 4 aliphatic rings. The van der Waals surface area contributed by atoms with Gasteiger partial charge >= 0.3 is 0 Å². The number of furan rings is 1. The van der Waals surface area contributed by atoms with Crippen LogP contribution in [0.1, 0.15) is 32.1 Å². The normalized spacial score (nSPS) is 25.6. The Morgan fingerprint density at radius 2 is 1.97 bits per heavy atom. The molecule has 2 aliphatic heterocycles. The van der Waals surface area contributed by atoms with Gasteiger partial charge in [0, 0.05) is 32.7 Å². The lowest BCUT2D eigenvalue weighted by Crippen LogP contribution is -2.60. The van der Waals surface area contributed by atoms with Gasteiger partial charge in [-0.05, 0) is 38.2 Å². The summed E-state index contributed by atoms with van der Waals surface area (Å²) in [6.45, 7) is 2.99. The molecule has 2 aliphatic carbocycles. The number of nitriles is 1. The second kappa shape index (κ2) is 6.42. The zero-order chi connectivity index (χ0) is 21.2. The van der Waals surface area contributed by atoms with Crippen LogP contribution in [0.2, 0.25) is 0 Å². The summed E-state index contributed by atoms with van der Waals surface area (Å²) in [6.07, 6.45) is 6.97. The number of amides is 2. The van der Waals surface area contributed by atoms with Gasteiger partial charge in [0.1, 0.15) is 17.6 Å². The lowest BCUT2D eigenvalue weighted by molar-refractivity contribution is -0.151. The van der Waals surface area contributed by atoms with Gasteiger partial charge in [0.2, 0.25) is 17.5 Å². The smallest absolute Gasteiger partial charge is 0.238 e. The molecule has 0 aromatic carbocycles. The molecule has 31 heavy (non-hydrogen) atoms. The largest absolute Gasteiger partial charge is 0.446 e. The third-order valence-corrected chi connectivity index (χ3v) is 7.49. The van der Waals surface area contributed by atoms with E-state index in [1.165, 1.54) is 6.33 Å². The minimum absolute atomic E-state index is 0.00815. The van der Waals surface area contributed by atoms with E-state index in [0.717, 1.165) is 24.0 Å². The molecule has 0 N–H and O–H groups in total. The summed E-state index contributed by atoms with van der Waals surface area (Å²) in [4.78, 5) is 41.5. The molecule has 9 heteroatoms. The zero-order valence-corrected chi connectivity index (χ0v) is 17.3. The van der Waals surface area contributed by atoms with E-state index in [9.17, 15) is 9.59 Å². The third kappa shape index (κ3) is 2.74. The molecule has 0 bridgehead atoms. The van der Waals surface area contributed by atoms with Crippen molar-refractivity contribution in [3.63, 3.8) is 0 Å². The summed E-state index contributed by atoms with van der Waals surface area (Å²) in [6, 6.07) is 4.13. The number of hydrogen-bond acceptors (Lipinski definition) is 7. The van der Waals surface area contributed by atoms with E-state index < -0.39 is 5.41 Å². The topological polar surface area (TPSA) is 107 Å². The van der Waals surface area contributed by atoms with Crippen molar-refractivity contribution in [2.45, 2.75) is 37.6 Å². The SMILES string of the molecule is N#CC1CCN(C(=O)C2(C(=O)N3CCN(c4ncnc5occc45)CC34CC4)CC2)C1. The average Bonchev–Trinajstić information content (AvgIpc) is 3.64. The van der Waals surface area contributed by atoms with E-state index in [1.54, 1.807) is 11.2 Å². The number of nitrogens with zero attached hydrogens (tertiary/aromatic N) is 6. The molecule has 2 amide bonds. The van der Waals surface area contributed by atoms with Crippen LogP contribution in [0.3, 0.4) is 0 Å². The first kappa shape index (κ1) is 18.6. The Labute approximate surface area is 179 Å². The van der Waals surface area contributed by atoms with Crippen LogP contribution in [-0.4, -0.2) is 69.8 Å². The molecule has 4 heterocycles. The summed E-state index contributed by atoms with van der Waals surface area (Å²) in [5.74, 6) is 0.658. The lowest BCUT2D eigenvalue weighted by atomic mass is 9.99. The van der Waals surface area contributed by atoms with E-state index in [0.29, 0.717) is 57.7 Å². The number of carbonyl (C=O) groups excluding carboxylic acids is 2. The lowest BCUT2D eigenvalue weighted by Gasteiger charge is -2.44. The molecule has 1 atom stereocenters. The summed E-state index contributed by atoms with van der Waals surface area (Å²) in [5.41, 5.74) is -0.543. The number of piperazine rings is 1. The molecule has 2 saturated heterocycles. The fourth-order valence-electron chi connectivity index (χ4n) is 5.33. The maximum absolute atomic E-state index is 13.7. The summed E-state index contributed by atoms with van der Waals surface area (Å²) < 4.78 is 5.42. The number of hydrogen-bond donors (Lipinski definition) is 0. The van der Waals surface area contributed by atoms with Crippen LogP contribution in [0.15, 0.2) is 23.1 Å². The zero-order valence-electron chi connectivity index (χ0n) is 17.3. The van der Waals surface area contributed by atoms with Gasteiger partial charge in [-0.15, -0.1) is 0 Å². The Balaban J connectivity index is 1.21. The summed E-state index contributed by atoms with van der Waals surface area (Å²) in [7, 11) is 0. The van der Waals surface area contributed by atoms with E-state index >= 15 is 0 Å². The number of likely N-dealkylation sites (tertiary alicyclic amines) is 1. The van der Waals surface area contributed by atoms with Crippen molar-refractivity contribution in [2.24, 2.45) is 11.3 Å². The highest BCUT2D eigenvalue weighted by molar-refractivity contribution is 6.08. The van der Waals surface area contributed by atoms with Crippen LogP contribution in [-0.2, 0) is 9.59 Å². The van der Waals surface area contributed by atoms with Crippen LogP contribution in [0, 0.1) is 22.7 Å². The molecule has 6 rings (SSSR count). The van der Waals surface area contributed by atoms with Crippen molar-refractivity contribution < 1.29 is 14.0 Å². The quantitative estimate of drug-likeness (QED) is 0.694. The third-order valence-electron chi connectivity index (χ3n) is 7.49. The first-order chi connectivity index (χ1) is 15.1. The molecule has 160 valence electrons. The molecule has 2 aromatic rings. The van der Waals surface area contributed by atoms with Crippen molar-refractivity contribution in [3.05, 3.63) is 18.7 Å². The van der Waals surface area contributed by atoms with Gasteiger partial charge in [0.15, 0.2) is 0 Å². The molecule has 9 nitrogen and oxygen atoms in total. The molecule has 4 fully saturated rings. The molecule has 2 aromatic heterocycles. The minimum Gasteiger partial charge on any atom is -0.446 e. The first-order valence-corrected chi connectivity index (χ1v) is 11.0. The van der Waals surface area contributed by atoms with Crippen molar-refractivity contribution in [1.82, 2.24) is 19.8 Å². The van der Waals surface area contributed by atoms with E-state index in [1.807, 2.05) is 11.0 Å². The molecule has 1 unspecified atom stereocenters. The average molecular weight is 420 g/mol. The Hall–Kier alpha value is -3.15. The molecule has 1 spiro atoms. The Kier molecular flexibility index (Phi) is 3.86. The predicted molar refractivity (Wildman–Crippen MR) is 110 cm³/mol. The van der Waals surface area contributed by atoms with Crippen LogP contribution in [0.4, 0.5) is 5.82 Å². The Morgan fingerprint density at radius 3 is 2.68 bits per heavy atom.